The minimum atomic E-state index is -0.519. The maximum Gasteiger partial charge on any atom is 0.290 e. The van der Waals surface area contributed by atoms with Crippen LogP contribution in [0.15, 0.2) is 22.8 Å². The van der Waals surface area contributed by atoms with Gasteiger partial charge in [-0.05, 0) is 31.0 Å². The van der Waals surface area contributed by atoms with Crippen molar-refractivity contribution >= 4 is 23.2 Å². The van der Waals surface area contributed by atoms with Crippen molar-refractivity contribution < 1.29 is 19.2 Å². The molecule has 2 aromatic heterocycles. The predicted molar refractivity (Wildman–Crippen MR) is 75.5 cm³/mol. The summed E-state index contributed by atoms with van der Waals surface area (Å²) >= 11 is 1.29. The first kappa shape index (κ1) is 13.8. The van der Waals surface area contributed by atoms with Gasteiger partial charge in [0.05, 0.1) is 17.7 Å². The van der Waals surface area contributed by atoms with Crippen molar-refractivity contribution in [2.24, 2.45) is 0 Å². The summed E-state index contributed by atoms with van der Waals surface area (Å²) in [4.78, 5) is 27.0. The maximum absolute atomic E-state index is 12.4. The Bertz CT molecular complexity index is 704. The SMILES string of the molecule is Cc1ccoc1C(=O)N1CCc2cc(C(=O)NO)sc2C1. The van der Waals surface area contributed by atoms with Crippen molar-refractivity contribution in [3.05, 3.63) is 45.0 Å². The Morgan fingerprint density at radius 1 is 1.48 bits per heavy atom. The molecule has 0 fully saturated rings. The summed E-state index contributed by atoms with van der Waals surface area (Å²) in [7, 11) is 0. The molecular weight excluding hydrogens is 292 g/mol. The first-order valence-electron chi connectivity index (χ1n) is 6.49. The number of hydroxylamine groups is 1. The van der Waals surface area contributed by atoms with Crippen LogP contribution in [0, 0.1) is 6.92 Å². The molecule has 0 aliphatic carbocycles. The minimum absolute atomic E-state index is 0.135. The second kappa shape index (κ2) is 5.34. The third-order valence-electron chi connectivity index (χ3n) is 3.55. The molecule has 1 aliphatic heterocycles. The van der Waals surface area contributed by atoms with Gasteiger partial charge < -0.3 is 9.32 Å². The number of carbonyl (C=O) groups is 2. The number of hydrogen-bond donors (Lipinski definition) is 2. The fourth-order valence-corrected chi connectivity index (χ4v) is 3.51. The first-order chi connectivity index (χ1) is 10.1. The van der Waals surface area contributed by atoms with Crippen molar-refractivity contribution in [1.82, 2.24) is 10.4 Å². The lowest BCUT2D eigenvalue weighted by atomic mass is 10.1. The van der Waals surface area contributed by atoms with Crippen LogP contribution in [0.5, 0.6) is 0 Å². The molecule has 1 aliphatic rings. The average Bonchev–Trinajstić information content (AvgIpc) is 3.10. The number of furan rings is 1. The Kier molecular flexibility index (Phi) is 3.52. The number of carbonyl (C=O) groups excluding carboxylic acids is 2. The van der Waals surface area contributed by atoms with Crippen LogP contribution < -0.4 is 5.48 Å². The number of nitrogens with zero attached hydrogens (tertiary/aromatic N) is 1. The molecule has 0 radical (unpaired) electrons. The summed E-state index contributed by atoms with van der Waals surface area (Å²) in [6.45, 7) is 2.88. The Labute approximate surface area is 124 Å². The Hall–Kier alpha value is -2.12. The lowest BCUT2D eigenvalue weighted by Crippen LogP contribution is -2.35. The van der Waals surface area contributed by atoms with Crippen LogP contribution in [0.4, 0.5) is 0 Å². The van der Waals surface area contributed by atoms with Gasteiger partial charge in [-0.1, -0.05) is 0 Å². The summed E-state index contributed by atoms with van der Waals surface area (Å²) in [5, 5.41) is 8.68. The molecule has 0 spiro atoms. The van der Waals surface area contributed by atoms with Gasteiger partial charge in [0.25, 0.3) is 11.8 Å². The lowest BCUT2D eigenvalue weighted by molar-refractivity contribution is 0.0700. The highest BCUT2D eigenvalue weighted by Gasteiger charge is 2.27. The Balaban J connectivity index is 1.81. The molecule has 2 N–H and O–H groups in total. The van der Waals surface area contributed by atoms with E-state index in [0.717, 1.165) is 16.0 Å². The molecule has 3 heterocycles. The van der Waals surface area contributed by atoms with Gasteiger partial charge in [-0.15, -0.1) is 11.3 Å². The highest BCUT2D eigenvalue weighted by Crippen LogP contribution is 2.29. The van der Waals surface area contributed by atoms with Crippen LogP contribution in [-0.2, 0) is 13.0 Å². The monoisotopic (exact) mass is 306 g/mol. The van der Waals surface area contributed by atoms with Crippen molar-refractivity contribution in [3.8, 4) is 0 Å². The number of hydrogen-bond acceptors (Lipinski definition) is 5. The van der Waals surface area contributed by atoms with E-state index < -0.39 is 5.91 Å². The van der Waals surface area contributed by atoms with Gasteiger partial charge in [0.2, 0.25) is 0 Å². The number of fused-ring (bicyclic) bond motifs is 1. The fraction of sp³-hybridized carbons (Fsp3) is 0.286. The Morgan fingerprint density at radius 3 is 2.95 bits per heavy atom. The van der Waals surface area contributed by atoms with E-state index in [9.17, 15) is 9.59 Å². The van der Waals surface area contributed by atoms with Crippen LogP contribution in [0.25, 0.3) is 0 Å². The van der Waals surface area contributed by atoms with Crippen LogP contribution in [0.1, 0.15) is 36.2 Å². The summed E-state index contributed by atoms with van der Waals surface area (Å²) in [6.07, 6.45) is 2.20. The van der Waals surface area contributed by atoms with Crippen molar-refractivity contribution in [3.63, 3.8) is 0 Å². The number of amides is 2. The Morgan fingerprint density at radius 2 is 2.29 bits per heavy atom. The van der Waals surface area contributed by atoms with Crippen LogP contribution in [0.2, 0.25) is 0 Å². The molecule has 0 aromatic carbocycles. The predicted octanol–water partition coefficient (Wildman–Crippen LogP) is 1.97. The molecule has 0 saturated carbocycles. The average molecular weight is 306 g/mol. The van der Waals surface area contributed by atoms with E-state index in [0.29, 0.717) is 30.1 Å². The molecule has 0 saturated heterocycles. The van der Waals surface area contributed by atoms with E-state index in [4.69, 9.17) is 9.62 Å². The van der Waals surface area contributed by atoms with E-state index in [2.05, 4.69) is 0 Å². The largest absolute Gasteiger partial charge is 0.459 e. The molecule has 21 heavy (non-hydrogen) atoms. The smallest absolute Gasteiger partial charge is 0.290 e. The molecule has 2 amide bonds. The minimum Gasteiger partial charge on any atom is -0.459 e. The van der Waals surface area contributed by atoms with Crippen LogP contribution in [0.3, 0.4) is 0 Å². The zero-order chi connectivity index (χ0) is 15.0. The molecule has 0 atom stereocenters. The topological polar surface area (TPSA) is 82.8 Å². The highest BCUT2D eigenvalue weighted by molar-refractivity contribution is 7.14. The summed E-state index contributed by atoms with van der Waals surface area (Å²) in [5.74, 6) is -0.290. The zero-order valence-corrected chi connectivity index (χ0v) is 12.2. The van der Waals surface area contributed by atoms with E-state index in [-0.39, 0.29) is 5.91 Å². The summed E-state index contributed by atoms with van der Waals surface area (Å²) in [6, 6.07) is 3.53. The van der Waals surface area contributed by atoms with Crippen molar-refractivity contribution in [1.29, 1.82) is 0 Å². The molecule has 110 valence electrons. The molecule has 7 heteroatoms. The van der Waals surface area contributed by atoms with E-state index in [1.165, 1.54) is 17.6 Å². The number of thiophene rings is 1. The van der Waals surface area contributed by atoms with Gasteiger partial charge in [0.15, 0.2) is 5.76 Å². The van der Waals surface area contributed by atoms with Crippen LogP contribution >= 0.6 is 11.3 Å². The lowest BCUT2D eigenvalue weighted by Gasteiger charge is -2.26. The fourth-order valence-electron chi connectivity index (χ4n) is 2.40. The molecule has 3 rings (SSSR count). The quantitative estimate of drug-likeness (QED) is 0.656. The maximum atomic E-state index is 12.4. The van der Waals surface area contributed by atoms with Gasteiger partial charge in [-0.2, -0.15) is 0 Å². The number of aryl methyl sites for hydroxylation is 1. The van der Waals surface area contributed by atoms with E-state index >= 15 is 0 Å². The van der Waals surface area contributed by atoms with E-state index in [1.54, 1.807) is 22.5 Å². The van der Waals surface area contributed by atoms with E-state index in [1.807, 2.05) is 6.92 Å². The van der Waals surface area contributed by atoms with Gasteiger partial charge >= 0.3 is 0 Å². The number of rotatable bonds is 2. The van der Waals surface area contributed by atoms with Crippen LogP contribution in [-0.4, -0.2) is 28.5 Å². The first-order valence-corrected chi connectivity index (χ1v) is 7.31. The number of nitrogens with one attached hydrogen (secondary N) is 1. The van der Waals surface area contributed by atoms with Gasteiger partial charge in [-0.3, -0.25) is 14.8 Å². The molecule has 0 bridgehead atoms. The molecule has 0 unspecified atom stereocenters. The normalized spacial score (nSPS) is 13.9. The van der Waals surface area contributed by atoms with Gasteiger partial charge in [0, 0.05) is 17.0 Å². The van der Waals surface area contributed by atoms with Gasteiger partial charge in [0.1, 0.15) is 0 Å². The highest BCUT2D eigenvalue weighted by atomic mass is 32.1. The second-order valence-electron chi connectivity index (χ2n) is 4.91. The zero-order valence-electron chi connectivity index (χ0n) is 11.4. The standard InChI is InChI=1S/C14H14N2O4S/c1-8-3-5-20-12(8)14(18)16-4-2-9-6-10(13(17)15-19)21-11(9)7-16/h3,5-6,19H,2,4,7H2,1H3,(H,15,17). The third kappa shape index (κ3) is 2.45. The van der Waals surface area contributed by atoms with Crippen molar-refractivity contribution in [2.45, 2.75) is 19.9 Å². The summed E-state index contributed by atoms with van der Waals surface area (Å²) < 4.78 is 5.24. The third-order valence-corrected chi connectivity index (χ3v) is 4.71. The molecule has 2 aromatic rings. The van der Waals surface area contributed by atoms with Gasteiger partial charge in [-0.25, -0.2) is 5.48 Å². The van der Waals surface area contributed by atoms with Crippen molar-refractivity contribution in [2.75, 3.05) is 6.54 Å². The molecular formula is C14H14N2O4S. The molecule has 6 nitrogen and oxygen atoms in total. The second-order valence-corrected chi connectivity index (χ2v) is 6.05. The summed E-state index contributed by atoms with van der Waals surface area (Å²) in [5.41, 5.74) is 3.50.